The largest absolute Gasteiger partial charge is 0.380 e. The molecule has 0 aliphatic carbocycles. The van der Waals surface area contributed by atoms with Crippen molar-refractivity contribution in [3.05, 3.63) is 35.4 Å². The summed E-state index contributed by atoms with van der Waals surface area (Å²) in [6.07, 6.45) is 4.01. The number of methoxy groups -OCH3 is 1. The van der Waals surface area contributed by atoms with E-state index in [1.54, 1.807) is 7.11 Å². The van der Waals surface area contributed by atoms with Gasteiger partial charge < -0.3 is 4.74 Å². The summed E-state index contributed by atoms with van der Waals surface area (Å²) in [5.41, 5.74) is 6.07. The molecule has 0 amide bonds. The van der Waals surface area contributed by atoms with Crippen molar-refractivity contribution >= 4 is 0 Å². The van der Waals surface area contributed by atoms with E-state index in [-0.39, 0.29) is 0 Å². The van der Waals surface area contributed by atoms with Crippen LogP contribution in [0.1, 0.15) is 30.4 Å². The Bertz CT molecular complexity index is 335. The number of hydrogen-bond acceptors (Lipinski definition) is 3. The summed E-state index contributed by atoms with van der Waals surface area (Å²) in [4.78, 5) is 0. The smallest absolute Gasteiger partial charge is 0.0713 e. The maximum absolute atomic E-state index is 5.15. The van der Waals surface area contributed by atoms with Crippen molar-refractivity contribution in [2.24, 2.45) is 0 Å². The highest BCUT2D eigenvalue weighted by Gasteiger charge is 2.08. The molecule has 0 radical (unpaired) electrons. The van der Waals surface area contributed by atoms with E-state index in [2.05, 4.69) is 34.7 Å². The Labute approximate surface area is 104 Å². The van der Waals surface area contributed by atoms with Gasteiger partial charge in [-0.2, -0.15) is 0 Å². The second kappa shape index (κ2) is 6.74. The lowest BCUT2D eigenvalue weighted by Gasteiger charge is -2.27. The Morgan fingerprint density at radius 2 is 1.94 bits per heavy atom. The van der Waals surface area contributed by atoms with E-state index in [0.29, 0.717) is 6.61 Å². The van der Waals surface area contributed by atoms with Crippen LogP contribution in [-0.2, 0) is 17.9 Å². The second-order valence-corrected chi connectivity index (χ2v) is 4.64. The second-order valence-electron chi connectivity index (χ2n) is 4.64. The van der Waals surface area contributed by atoms with Crippen LogP contribution < -0.4 is 5.43 Å². The van der Waals surface area contributed by atoms with Crippen molar-refractivity contribution in [3.8, 4) is 0 Å². The summed E-state index contributed by atoms with van der Waals surface area (Å²) in [6, 6.07) is 8.58. The first-order valence-electron chi connectivity index (χ1n) is 6.44. The number of nitrogens with one attached hydrogen (secondary N) is 1. The number of benzene rings is 1. The van der Waals surface area contributed by atoms with Gasteiger partial charge in [0, 0.05) is 26.7 Å². The van der Waals surface area contributed by atoms with Crippen molar-refractivity contribution < 1.29 is 4.74 Å². The van der Waals surface area contributed by atoms with Gasteiger partial charge in [0.15, 0.2) is 0 Å². The van der Waals surface area contributed by atoms with E-state index in [0.717, 1.165) is 6.54 Å². The Morgan fingerprint density at radius 3 is 2.71 bits per heavy atom. The minimum absolute atomic E-state index is 0.692. The van der Waals surface area contributed by atoms with E-state index in [1.165, 1.54) is 43.5 Å². The highest BCUT2D eigenvalue weighted by molar-refractivity contribution is 5.22. The van der Waals surface area contributed by atoms with Crippen molar-refractivity contribution in [3.63, 3.8) is 0 Å². The maximum atomic E-state index is 5.15. The molecule has 1 aromatic rings. The molecule has 2 rings (SSSR count). The van der Waals surface area contributed by atoms with Crippen molar-refractivity contribution in [1.82, 2.24) is 10.4 Å². The lowest BCUT2D eigenvalue weighted by molar-refractivity contribution is 0.151. The zero-order chi connectivity index (χ0) is 11.9. The molecule has 94 valence electrons. The number of piperidine rings is 1. The average molecular weight is 234 g/mol. The summed E-state index contributed by atoms with van der Waals surface area (Å²) in [5.74, 6) is 0. The number of hydrazine groups is 1. The quantitative estimate of drug-likeness (QED) is 0.846. The fourth-order valence-electron chi connectivity index (χ4n) is 2.25. The molecule has 1 aromatic carbocycles. The molecular formula is C14H22N2O. The molecule has 0 atom stereocenters. The zero-order valence-corrected chi connectivity index (χ0v) is 10.6. The first-order valence-corrected chi connectivity index (χ1v) is 6.44. The van der Waals surface area contributed by atoms with Crippen LogP contribution in [0.3, 0.4) is 0 Å². The van der Waals surface area contributed by atoms with Crippen LogP contribution in [-0.4, -0.2) is 25.2 Å². The Balaban J connectivity index is 1.83. The Hall–Kier alpha value is -0.900. The molecule has 1 fully saturated rings. The summed E-state index contributed by atoms with van der Waals surface area (Å²) >= 11 is 0. The number of ether oxygens (including phenoxy) is 1. The first kappa shape index (κ1) is 12.6. The van der Waals surface area contributed by atoms with E-state index >= 15 is 0 Å². The summed E-state index contributed by atoms with van der Waals surface area (Å²) in [5, 5.41) is 2.34. The normalized spacial score (nSPS) is 17.2. The van der Waals surface area contributed by atoms with Gasteiger partial charge in [-0.3, -0.25) is 5.43 Å². The first-order chi connectivity index (χ1) is 8.38. The van der Waals surface area contributed by atoms with Crippen LogP contribution >= 0.6 is 0 Å². The minimum Gasteiger partial charge on any atom is -0.380 e. The summed E-state index contributed by atoms with van der Waals surface area (Å²) in [6.45, 7) is 3.96. The van der Waals surface area contributed by atoms with Crippen molar-refractivity contribution in [1.29, 1.82) is 0 Å². The number of nitrogens with zero attached hydrogens (tertiary/aromatic N) is 1. The molecule has 1 aliphatic rings. The molecule has 1 saturated heterocycles. The van der Waals surface area contributed by atoms with E-state index in [4.69, 9.17) is 4.74 Å². The third-order valence-corrected chi connectivity index (χ3v) is 3.17. The zero-order valence-electron chi connectivity index (χ0n) is 10.6. The molecule has 0 bridgehead atoms. The Kier molecular flexibility index (Phi) is 4.98. The standard InChI is InChI=1S/C14H22N2O/c1-17-12-14-7-5-6-13(10-14)11-15-16-8-3-2-4-9-16/h5-7,10,15H,2-4,8-9,11-12H2,1H3. The number of rotatable bonds is 5. The molecule has 1 heterocycles. The molecule has 0 spiro atoms. The molecule has 3 heteroatoms. The van der Waals surface area contributed by atoms with E-state index < -0.39 is 0 Å². The van der Waals surface area contributed by atoms with Crippen molar-refractivity contribution in [2.75, 3.05) is 20.2 Å². The topological polar surface area (TPSA) is 24.5 Å². The Morgan fingerprint density at radius 1 is 1.18 bits per heavy atom. The fourth-order valence-corrected chi connectivity index (χ4v) is 2.25. The predicted molar refractivity (Wildman–Crippen MR) is 69.4 cm³/mol. The van der Waals surface area contributed by atoms with Gasteiger partial charge in [0.1, 0.15) is 0 Å². The molecular weight excluding hydrogens is 212 g/mol. The fraction of sp³-hybridized carbons (Fsp3) is 0.571. The number of hydrogen-bond donors (Lipinski definition) is 1. The van der Waals surface area contributed by atoms with Gasteiger partial charge in [-0.15, -0.1) is 0 Å². The van der Waals surface area contributed by atoms with Gasteiger partial charge in [-0.05, 0) is 24.0 Å². The van der Waals surface area contributed by atoms with Gasteiger partial charge in [-0.25, -0.2) is 5.01 Å². The van der Waals surface area contributed by atoms with Crippen LogP contribution in [0.25, 0.3) is 0 Å². The molecule has 17 heavy (non-hydrogen) atoms. The highest BCUT2D eigenvalue weighted by Crippen LogP contribution is 2.09. The molecule has 1 N–H and O–H groups in total. The van der Waals surface area contributed by atoms with Crippen LogP contribution in [0, 0.1) is 0 Å². The highest BCUT2D eigenvalue weighted by atomic mass is 16.5. The average Bonchev–Trinajstić information content (AvgIpc) is 2.39. The lowest BCUT2D eigenvalue weighted by Crippen LogP contribution is -2.41. The molecule has 0 aromatic heterocycles. The van der Waals surface area contributed by atoms with Gasteiger partial charge in [0.2, 0.25) is 0 Å². The van der Waals surface area contributed by atoms with E-state index in [9.17, 15) is 0 Å². The van der Waals surface area contributed by atoms with Crippen LogP contribution in [0.15, 0.2) is 24.3 Å². The van der Waals surface area contributed by atoms with Gasteiger partial charge in [-0.1, -0.05) is 30.7 Å². The third-order valence-electron chi connectivity index (χ3n) is 3.17. The van der Waals surface area contributed by atoms with Crippen LogP contribution in [0.5, 0.6) is 0 Å². The SMILES string of the molecule is COCc1cccc(CNN2CCCCC2)c1. The predicted octanol–water partition coefficient (Wildman–Crippen LogP) is 2.32. The third kappa shape index (κ3) is 4.11. The van der Waals surface area contributed by atoms with Gasteiger partial charge in [0.25, 0.3) is 0 Å². The van der Waals surface area contributed by atoms with Gasteiger partial charge >= 0.3 is 0 Å². The lowest BCUT2D eigenvalue weighted by atomic mass is 10.1. The minimum atomic E-state index is 0.692. The maximum Gasteiger partial charge on any atom is 0.0713 e. The summed E-state index contributed by atoms with van der Waals surface area (Å²) < 4.78 is 5.15. The van der Waals surface area contributed by atoms with Crippen LogP contribution in [0.2, 0.25) is 0 Å². The molecule has 0 unspecified atom stereocenters. The van der Waals surface area contributed by atoms with Crippen molar-refractivity contribution in [2.45, 2.75) is 32.4 Å². The van der Waals surface area contributed by atoms with E-state index in [1.807, 2.05) is 0 Å². The van der Waals surface area contributed by atoms with Crippen LogP contribution in [0.4, 0.5) is 0 Å². The van der Waals surface area contributed by atoms with Gasteiger partial charge in [0.05, 0.1) is 6.61 Å². The molecule has 3 nitrogen and oxygen atoms in total. The molecule has 0 saturated carbocycles. The monoisotopic (exact) mass is 234 g/mol. The summed E-state index contributed by atoms with van der Waals surface area (Å²) in [7, 11) is 1.73. The molecule has 1 aliphatic heterocycles.